The van der Waals surface area contributed by atoms with E-state index in [4.69, 9.17) is 9.72 Å². The number of pyridine rings is 1. The van der Waals surface area contributed by atoms with Gasteiger partial charge >= 0.3 is 6.03 Å². The summed E-state index contributed by atoms with van der Waals surface area (Å²) in [6.07, 6.45) is 7.92. The molecule has 30 heavy (non-hydrogen) atoms. The van der Waals surface area contributed by atoms with E-state index in [2.05, 4.69) is 25.5 Å². The minimum absolute atomic E-state index is 0.311. The summed E-state index contributed by atoms with van der Waals surface area (Å²) in [5.74, 6) is 1.60. The Kier molecular flexibility index (Phi) is 4.98. The van der Waals surface area contributed by atoms with Crippen LogP contribution in [0.25, 0.3) is 11.4 Å². The van der Waals surface area contributed by atoms with Crippen molar-refractivity contribution in [1.29, 1.82) is 0 Å². The Bertz CT molecular complexity index is 1020. The standard InChI is InChI=1S/C22H22N6O2/c29-22(26-17-7-10-23-11-8-17)25-16-3-1-15(2-4-16)21-24-12-9-20(27-21)28-13-18-5-6-19(14-28)30-18/h1-4,7-12,18-19H,5-6,13-14H2,(H2,23,25,26,29). The second kappa shape index (κ2) is 8.08. The molecule has 2 N–H and O–H groups in total. The summed E-state index contributed by atoms with van der Waals surface area (Å²) in [4.78, 5) is 27.5. The van der Waals surface area contributed by atoms with E-state index in [1.54, 1.807) is 30.7 Å². The van der Waals surface area contributed by atoms with E-state index in [1.807, 2.05) is 30.3 Å². The van der Waals surface area contributed by atoms with Gasteiger partial charge in [0.1, 0.15) is 5.82 Å². The molecule has 2 amide bonds. The topological polar surface area (TPSA) is 92.3 Å². The number of hydrogen-bond acceptors (Lipinski definition) is 6. The molecule has 1 aromatic carbocycles. The molecule has 2 aromatic heterocycles. The zero-order chi connectivity index (χ0) is 20.3. The number of benzene rings is 1. The van der Waals surface area contributed by atoms with Crippen LogP contribution in [0, 0.1) is 0 Å². The van der Waals surface area contributed by atoms with Crippen molar-refractivity contribution in [2.75, 3.05) is 28.6 Å². The Morgan fingerprint density at radius 2 is 1.57 bits per heavy atom. The lowest BCUT2D eigenvalue weighted by molar-refractivity contribution is 0.0302. The van der Waals surface area contributed by atoms with Crippen LogP contribution in [0.1, 0.15) is 12.8 Å². The van der Waals surface area contributed by atoms with E-state index >= 15 is 0 Å². The molecule has 0 radical (unpaired) electrons. The summed E-state index contributed by atoms with van der Waals surface area (Å²) < 4.78 is 5.92. The van der Waals surface area contributed by atoms with Gasteiger partial charge in [-0.1, -0.05) is 0 Å². The minimum atomic E-state index is -0.311. The third-order valence-electron chi connectivity index (χ3n) is 5.35. The van der Waals surface area contributed by atoms with Crippen LogP contribution in [0.2, 0.25) is 0 Å². The molecule has 2 aliphatic heterocycles. The molecule has 8 heteroatoms. The number of aromatic nitrogens is 3. The molecular weight excluding hydrogens is 380 g/mol. The number of nitrogens with one attached hydrogen (secondary N) is 2. The van der Waals surface area contributed by atoms with Crippen LogP contribution in [0.4, 0.5) is 22.0 Å². The average Bonchev–Trinajstić information content (AvgIpc) is 3.12. The third kappa shape index (κ3) is 4.08. The Morgan fingerprint density at radius 1 is 0.900 bits per heavy atom. The lowest BCUT2D eigenvalue weighted by Gasteiger charge is -2.33. The van der Waals surface area contributed by atoms with Crippen molar-refractivity contribution in [3.8, 4) is 11.4 Å². The number of hydrogen-bond donors (Lipinski definition) is 2. The number of morpholine rings is 1. The normalized spacial score (nSPS) is 20.1. The van der Waals surface area contributed by atoms with Crippen LogP contribution in [-0.2, 0) is 4.74 Å². The predicted molar refractivity (Wildman–Crippen MR) is 114 cm³/mol. The summed E-state index contributed by atoms with van der Waals surface area (Å²) in [6, 6.07) is 12.6. The van der Waals surface area contributed by atoms with Gasteiger partial charge in [0.05, 0.1) is 12.2 Å². The molecule has 2 unspecified atom stereocenters. The number of ether oxygens (including phenoxy) is 1. The van der Waals surface area contributed by atoms with E-state index in [9.17, 15) is 4.79 Å². The number of urea groups is 1. The average molecular weight is 402 g/mol. The highest BCUT2D eigenvalue weighted by Gasteiger charge is 2.34. The molecule has 0 aliphatic carbocycles. The van der Waals surface area contributed by atoms with E-state index in [-0.39, 0.29) is 6.03 Å². The predicted octanol–water partition coefficient (Wildman–Crippen LogP) is 3.55. The zero-order valence-corrected chi connectivity index (χ0v) is 16.4. The summed E-state index contributed by atoms with van der Waals surface area (Å²) in [7, 11) is 0. The van der Waals surface area contributed by atoms with Gasteiger partial charge in [-0.05, 0) is 55.3 Å². The van der Waals surface area contributed by atoms with Gasteiger partial charge in [-0.25, -0.2) is 14.8 Å². The van der Waals surface area contributed by atoms with Crippen molar-refractivity contribution in [3.63, 3.8) is 0 Å². The molecular formula is C22H22N6O2. The lowest BCUT2D eigenvalue weighted by atomic mass is 10.2. The van der Waals surface area contributed by atoms with Crippen LogP contribution in [0.5, 0.6) is 0 Å². The van der Waals surface area contributed by atoms with Crippen LogP contribution in [0.3, 0.4) is 0 Å². The quantitative estimate of drug-likeness (QED) is 0.693. The maximum atomic E-state index is 12.1. The summed E-state index contributed by atoms with van der Waals surface area (Å²) in [5.41, 5.74) is 2.26. The number of carbonyl (C=O) groups excluding carboxylic acids is 1. The van der Waals surface area contributed by atoms with Crippen molar-refractivity contribution in [2.45, 2.75) is 25.0 Å². The second-order valence-corrected chi connectivity index (χ2v) is 7.49. The van der Waals surface area contributed by atoms with Crippen molar-refractivity contribution in [1.82, 2.24) is 15.0 Å². The number of carbonyl (C=O) groups is 1. The minimum Gasteiger partial charge on any atom is -0.371 e. The fourth-order valence-corrected chi connectivity index (χ4v) is 3.90. The molecule has 4 heterocycles. The van der Waals surface area contributed by atoms with E-state index in [0.717, 1.165) is 37.3 Å². The van der Waals surface area contributed by atoms with Crippen molar-refractivity contribution in [2.24, 2.45) is 0 Å². The second-order valence-electron chi connectivity index (χ2n) is 7.49. The van der Waals surface area contributed by atoms with Crippen molar-refractivity contribution in [3.05, 3.63) is 61.1 Å². The Balaban J connectivity index is 1.26. The van der Waals surface area contributed by atoms with Gasteiger partial charge in [-0.15, -0.1) is 0 Å². The van der Waals surface area contributed by atoms with Crippen LogP contribution in [-0.4, -0.2) is 46.3 Å². The van der Waals surface area contributed by atoms with E-state index in [1.165, 1.54) is 0 Å². The van der Waals surface area contributed by atoms with Crippen LogP contribution >= 0.6 is 0 Å². The molecule has 0 spiro atoms. The number of nitrogens with zero attached hydrogens (tertiary/aromatic N) is 4. The van der Waals surface area contributed by atoms with Crippen molar-refractivity contribution >= 4 is 23.2 Å². The van der Waals surface area contributed by atoms with E-state index < -0.39 is 0 Å². The first-order valence-corrected chi connectivity index (χ1v) is 10.0. The Hall–Kier alpha value is -3.52. The zero-order valence-electron chi connectivity index (χ0n) is 16.4. The molecule has 152 valence electrons. The molecule has 2 atom stereocenters. The van der Waals surface area contributed by atoms with Gasteiger partial charge in [-0.2, -0.15) is 0 Å². The Labute approximate surface area is 174 Å². The van der Waals surface area contributed by atoms with Gasteiger partial charge in [0.25, 0.3) is 0 Å². The summed E-state index contributed by atoms with van der Waals surface area (Å²) >= 11 is 0. The molecule has 2 fully saturated rings. The van der Waals surface area contributed by atoms with E-state index in [0.29, 0.717) is 29.4 Å². The first-order chi connectivity index (χ1) is 14.7. The maximum absolute atomic E-state index is 12.1. The number of rotatable bonds is 4. The Morgan fingerprint density at radius 3 is 2.27 bits per heavy atom. The molecule has 2 aliphatic rings. The number of amides is 2. The van der Waals surface area contributed by atoms with Crippen molar-refractivity contribution < 1.29 is 9.53 Å². The fraction of sp³-hybridized carbons (Fsp3) is 0.273. The van der Waals surface area contributed by atoms with Gasteiger partial charge < -0.3 is 20.3 Å². The van der Waals surface area contributed by atoms with Crippen LogP contribution in [0.15, 0.2) is 61.1 Å². The monoisotopic (exact) mass is 402 g/mol. The first kappa shape index (κ1) is 18.5. The molecule has 8 nitrogen and oxygen atoms in total. The molecule has 2 saturated heterocycles. The lowest BCUT2D eigenvalue weighted by Crippen LogP contribution is -2.43. The molecule has 0 saturated carbocycles. The van der Waals surface area contributed by atoms with Crippen LogP contribution < -0.4 is 15.5 Å². The van der Waals surface area contributed by atoms with Gasteiger partial charge in [0, 0.05) is 48.6 Å². The molecule has 2 bridgehead atoms. The highest BCUT2D eigenvalue weighted by atomic mass is 16.5. The summed E-state index contributed by atoms with van der Waals surface area (Å²) in [5, 5.41) is 5.58. The molecule has 5 rings (SSSR count). The maximum Gasteiger partial charge on any atom is 0.323 e. The first-order valence-electron chi connectivity index (χ1n) is 10.0. The highest BCUT2D eigenvalue weighted by molar-refractivity contribution is 5.99. The SMILES string of the molecule is O=C(Nc1ccncc1)Nc1ccc(-c2nccc(N3CC4CCC(C3)O4)n2)cc1. The smallest absolute Gasteiger partial charge is 0.323 e. The largest absolute Gasteiger partial charge is 0.371 e. The highest BCUT2D eigenvalue weighted by Crippen LogP contribution is 2.29. The van der Waals surface area contributed by atoms with Gasteiger partial charge in [-0.3, -0.25) is 4.98 Å². The fourth-order valence-electron chi connectivity index (χ4n) is 3.90. The van der Waals surface area contributed by atoms with Gasteiger partial charge in [0.2, 0.25) is 0 Å². The van der Waals surface area contributed by atoms with Gasteiger partial charge in [0.15, 0.2) is 5.82 Å². The molecule has 3 aromatic rings. The third-order valence-corrected chi connectivity index (χ3v) is 5.35. The number of anilines is 3. The summed E-state index contributed by atoms with van der Waals surface area (Å²) in [6.45, 7) is 1.75. The number of fused-ring (bicyclic) bond motifs is 2.